The van der Waals surface area contributed by atoms with Crippen molar-refractivity contribution in [1.29, 1.82) is 0 Å². The monoisotopic (exact) mass is 448 g/mol. The fraction of sp³-hybridized carbons (Fsp3) is 0.0870. The predicted octanol–water partition coefficient (Wildman–Crippen LogP) is 5.70. The zero-order chi connectivity index (χ0) is 22.8. The van der Waals surface area contributed by atoms with Crippen LogP contribution in [0.2, 0.25) is 5.02 Å². The average molecular weight is 449 g/mol. The van der Waals surface area contributed by atoms with Crippen molar-refractivity contribution in [3.8, 4) is 11.1 Å². The first-order valence-electron chi connectivity index (χ1n) is 9.53. The van der Waals surface area contributed by atoms with Crippen molar-refractivity contribution in [3.63, 3.8) is 0 Å². The Morgan fingerprint density at radius 3 is 2.56 bits per heavy atom. The number of nitro groups is 1. The molecule has 4 rings (SSSR count). The number of nitrogens with zero attached hydrogens (tertiary/aromatic N) is 3. The van der Waals surface area contributed by atoms with Gasteiger partial charge in [0, 0.05) is 29.2 Å². The van der Waals surface area contributed by atoms with Gasteiger partial charge in [-0.2, -0.15) is 0 Å². The van der Waals surface area contributed by atoms with E-state index >= 15 is 0 Å². The third kappa shape index (κ3) is 3.95. The van der Waals surface area contributed by atoms with Gasteiger partial charge in [0.15, 0.2) is 0 Å². The molecule has 0 saturated carbocycles. The third-order valence-electron chi connectivity index (χ3n) is 4.92. The molecular weight excluding hydrogens is 432 g/mol. The lowest BCUT2D eigenvalue weighted by Gasteiger charge is -2.14. The molecule has 2 heterocycles. The minimum absolute atomic E-state index is 0.134. The molecule has 0 unspecified atom stereocenters. The average Bonchev–Trinajstić information content (AvgIpc) is 2.78. The molecule has 0 atom stereocenters. The maximum absolute atomic E-state index is 12.5. The highest BCUT2D eigenvalue weighted by molar-refractivity contribution is 6.35. The Balaban J connectivity index is 1.96. The highest BCUT2D eigenvalue weighted by atomic mass is 35.5. The second kappa shape index (κ2) is 8.60. The quantitative estimate of drug-likeness (QED) is 0.237. The van der Waals surface area contributed by atoms with Crippen LogP contribution >= 0.6 is 11.6 Å². The van der Waals surface area contributed by atoms with Gasteiger partial charge in [-0.1, -0.05) is 23.7 Å². The molecule has 32 heavy (non-hydrogen) atoms. The molecule has 0 bridgehead atoms. The van der Waals surface area contributed by atoms with Crippen LogP contribution in [-0.4, -0.2) is 28.0 Å². The number of halogens is 1. The van der Waals surface area contributed by atoms with Crippen LogP contribution in [0.25, 0.3) is 22.0 Å². The zero-order valence-corrected chi connectivity index (χ0v) is 17.9. The molecule has 0 spiro atoms. The molecular formula is C23H17ClN4O4. The topological polar surface area (TPSA) is 107 Å². The number of rotatable bonds is 5. The van der Waals surface area contributed by atoms with Crippen LogP contribution in [0, 0.1) is 17.0 Å². The maximum Gasteiger partial charge on any atom is 0.345 e. The summed E-state index contributed by atoms with van der Waals surface area (Å²) in [6.45, 7) is 1.84. The third-order valence-corrected chi connectivity index (χ3v) is 5.22. The Morgan fingerprint density at radius 1 is 1.06 bits per heavy atom. The van der Waals surface area contributed by atoms with E-state index in [1.54, 1.807) is 48.8 Å². The van der Waals surface area contributed by atoms with Crippen molar-refractivity contribution in [3.05, 3.63) is 87.3 Å². The number of aromatic nitrogens is 2. The number of anilines is 2. The molecule has 0 aliphatic carbocycles. The van der Waals surface area contributed by atoms with Gasteiger partial charge in [0.05, 0.1) is 22.6 Å². The number of para-hydroxylation sites is 1. The summed E-state index contributed by atoms with van der Waals surface area (Å²) in [5, 5.41) is 16.2. The van der Waals surface area contributed by atoms with Crippen molar-refractivity contribution < 1.29 is 14.5 Å². The molecule has 8 nitrogen and oxygen atoms in total. The van der Waals surface area contributed by atoms with Gasteiger partial charge in [-0.25, -0.2) is 4.79 Å². The summed E-state index contributed by atoms with van der Waals surface area (Å²) < 4.78 is 4.82. The largest absolute Gasteiger partial charge is 0.465 e. The van der Waals surface area contributed by atoms with Gasteiger partial charge < -0.3 is 10.1 Å². The van der Waals surface area contributed by atoms with E-state index in [-0.39, 0.29) is 11.3 Å². The normalized spacial score (nSPS) is 10.7. The van der Waals surface area contributed by atoms with E-state index < -0.39 is 16.6 Å². The van der Waals surface area contributed by atoms with Gasteiger partial charge in [0.25, 0.3) is 0 Å². The predicted molar refractivity (Wildman–Crippen MR) is 122 cm³/mol. The number of pyridine rings is 2. The molecule has 0 amide bonds. The van der Waals surface area contributed by atoms with E-state index in [0.29, 0.717) is 27.2 Å². The van der Waals surface area contributed by atoms with E-state index in [0.717, 1.165) is 11.3 Å². The number of carbonyl (C=O) groups excluding carboxylic acids is 1. The Bertz CT molecular complexity index is 1370. The first-order valence-corrected chi connectivity index (χ1v) is 9.91. The van der Waals surface area contributed by atoms with Crippen molar-refractivity contribution in [2.45, 2.75) is 6.92 Å². The van der Waals surface area contributed by atoms with E-state index in [1.807, 2.05) is 13.0 Å². The lowest BCUT2D eigenvalue weighted by molar-refractivity contribution is -0.384. The Kier molecular flexibility index (Phi) is 5.70. The summed E-state index contributed by atoms with van der Waals surface area (Å²) in [5.41, 5.74) is 2.81. The van der Waals surface area contributed by atoms with Gasteiger partial charge in [-0.15, -0.1) is 0 Å². The first-order chi connectivity index (χ1) is 15.4. The summed E-state index contributed by atoms with van der Waals surface area (Å²) >= 11 is 6.25. The molecule has 160 valence electrons. The number of nitro benzene ring substituents is 1. The highest BCUT2D eigenvalue weighted by Gasteiger charge is 2.27. The van der Waals surface area contributed by atoms with E-state index in [1.165, 1.54) is 13.2 Å². The molecule has 0 radical (unpaired) electrons. The second-order valence-electron chi connectivity index (χ2n) is 6.97. The minimum atomic E-state index is -0.810. The number of hydrogen-bond acceptors (Lipinski definition) is 7. The van der Waals surface area contributed by atoms with Gasteiger partial charge in [0.2, 0.25) is 0 Å². The summed E-state index contributed by atoms with van der Waals surface area (Å²) in [7, 11) is 1.18. The SMILES string of the molecule is COC(=O)c1cc(-c2ccnc(C)c2)cc(Nc2ccnc3c(Cl)cccc23)c1[N+](=O)[O-]. The minimum Gasteiger partial charge on any atom is -0.465 e. The molecule has 0 saturated heterocycles. The van der Waals surface area contributed by atoms with Crippen LogP contribution < -0.4 is 5.32 Å². The number of aryl methyl sites for hydroxylation is 1. The zero-order valence-electron chi connectivity index (χ0n) is 17.1. The summed E-state index contributed by atoms with van der Waals surface area (Å²) in [6, 6.07) is 13.6. The molecule has 0 fully saturated rings. The maximum atomic E-state index is 12.5. The van der Waals surface area contributed by atoms with Gasteiger partial charge in [0.1, 0.15) is 11.3 Å². The number of carbonyl (C=O) groups is 1. The van der Waals surface area contributed by atoms with Crippen LogP contribution in [0.4, 0.5) is 17.1 Å². The summed E-state index contributed by atoms with van der Waals surface area (Å²) in [5.74, 6) is -0.810. The van der Waals surface area contributed by atoms with Crippen LogP contribution in [-0.2, 0) is 4.74 Å². The van der Waals surface area contributed by atoms with Crippen molar-refractivity contribution >= 4 is 45.5 Å². The standard InChI is InChI=1S/C23H17ClN4O4/c1-13-10-14(6-8-25-13)15-11-17(23(29)32-2)22(28(30)31)20(12-15)27-19-7-9-26-21-16(19)4-3-5-18(21)24/h3-12H,1-2H3,(H,26,27). The molecule has 2 aromatic heterocycles. The lowest BCUT2D eigenvalue weighted by atomic mass is 10.00. The van der Waals surface area contributed by atoms with Crippen molar-refractivity contribution in [2.75, 3.05) is 12.4 Å². The van der Waals surface area contributed by atoms with Crippen molar-refractivity contribution in [1.82, 2.24) is 9.97 Å². The number of fused-ring (bicyclic) bond motifs is 1. The summed E-state index contributed by atoms with van der Waals surface area (Å²) in [6.07, 6.45) is 3.19. The smallest absolute Gasteiger partial charge is 0.345 e. The number of esters is 1. The number of ether oxygens (including phenoxy) is 1. The van der Waals surface area contributed by atoms with Crippen LogP contribution in [0.15, 0.2) is 60.9 Å². The fourth-order valence-electron chi connectivity index (χ4n) is 3.48. The van der Waals surface area contributed by atoms with Gasteiger partial charge in [-0.3, -0.25) is 20.1 Å². The first kappa shape index (κ1) is 21.2. The number of hydrogen-bond donors (Lipinski definition) is 1. The molecule has 9 heteroatoms. The molecule has 2 aromatic carbocycles. The number of nitrogens with one attached hydrogen (secondary N) is 1. The van der Waals surface area contributed by atoms with E-state index in [9.17, 15) is 14.9 Å². The molecule has 4 aromatic rings. The number of benzene rings is 2. The highest BCUT2D eigenvalue weighted by Crippen LogP contribution is 2.38. The van der Waals surface area contributed by atoms with Crippen LogP contribution in [0.1, 0.15) is 16.1 Å². The van der Waals surface area contributed by atoms with Gasteiger partial charge in [-0.05, 0) is 54.4 Å². The fourth-order valence-corrected chi connectivity index (χ4v) is 3.70. The number of methoxy groups -OCH3 is 1. The van der Waals surface area contributed by atoms with E-state index in [2.05, 4.69) is 15.3 Å². The molecule has 0 aliphatic heterocycles. The lowest BCUT2D eigenvalue weighted by Crippen LogP contribution is -2.09. The van der Waals surface area contributed by atoms with E-state index in [4.69, 9.17) is 16.3 Å². The van der Waals surface area contributed by atoms with Crippen LogP contribution in [0.3, 0.4) is 0 Å². The van der Waals surface area contributed by atoms with Gasteiger partial charge >= 0.3 is 11.7 Å². The van der Waals surface area contributed by atoms with Crippen molar-refractivity contribution in [2.24, 2.45) is 0 Å². The Labute approximate surface area is 188 Å². The Hall–Kier alpha value is -4.04. The Morgan fingerprint density at radius 2 is 1.84 bits per heavy atom. The second-order valence-corrected chi connectivity index (χ2v) is 7.38. The summed E-state index contributed by atoms with van der Waals surface area (Å²) in [4.78, 5) is 32.3. The van der Waals surface area contributed by atoms with Crippen LogP contribution in [0.5, 0.6) is 0 Å². The molecule has 1 N–H and O–H groups in total. The molecule has 0 aliphatic rings.